The molecule has 2 N–H and O–H groups in total. The Bertz CT molecular complexity index is 2560. The number of piperidine rings is 2. The van der Waals surface area contributed by atoms with E-state index >= 15 is 0 Å². The number of anilines is 2. The van der Waals surface area contributed by atoms with Crippen molar-refractivity contribution in [1.29, 1.82) is 0 Å². The Morgan fingerprint density at radius 2 is 0.967 bits per heavy atom. The number of halogens is 6. The summed E-state index contributed by atoms with van der Waals surface area (Å²) in [5.74, 6) is -0.387. The highest BCUT2D eigenvalue weighted by Crippen LogP contribution is 2.39. The standard InChI is InChI=1S/2C18H21F3N6O2S/c2*19-18(20,21)5-9-30(28,29)26-7-1-2-13-14(26)4-8-25(13)17-24-11-12-10-23-16-15(27(12)17)3-6-22-16/h2*3,6,10-11,13-14,22H,1-2,4-5,7-9H2/t2*13-,14+/m10/s1. The molecule has 4 fully saturated rings. The largest absolute Gasteiger partial charge is 0.390 e. The molecule has 4 aliphatic rings. The normalized spacial score (nSPS) is 23.5. The molecule has 0 spiro atoms. The van der Waals surface area contributed by atoms with Crippen molar-refractivity contribution in [2.75, 3.05) is 47.5 Å². The molecule has 0 aliphatic carbocycles. The number of imidazole rings is 2. The van der Waals surface area contributed by atoms with Crippen LogP contribution in [0.5, 0.6) is 0 Å². The first kappa shape index (κ1) is 40.7. The number of H-pyrrole nitrogens is 2. The van der Waals surface area contributed by atoms with Gasteiger partial charge in [-0.1, -0.05) is 0 Å². The van der Waals surface area contributed by atoms with Crippen molar-refractivity contribution >= 4 is 65.3 Å². The number of aromatic amines is 2. The molecule has 0 radical (unpaired) electrons. The van der Waals surface area contributed by atoms with Crippen molar-refractivity contribution in [3.8, 4) is 0 Å². The molecule has 6 aromatic heterocycles. The molecule has 4 aliphatic heterocycles. The van der Waals surface area contributed by atoms with Crippen LogP contribution >= 0.6 is 0 Å². The molecule has 4 atom stereocenters. The monoisotopic (exact) mass is 884 g/mol. The Morgan fingerprint density at radius 1 is 0.567 bits per heavy atom. The Labute approximate surface area is 339 Å². The van der Waals surface area contributed by atoms with Gasteiger partial charge in [0.1, 0.15) is 0 Å². The van der Waals surface area contributed by atoms with Gasteiger partial charge in [-0.05, 0) is 50.7 Å². The third-order valence-electron chi connectivity index (χ3n) is 12.1. The Hall–Kier alpha value is -4.68. The predicted molar refractivity (Wildman–Crippen MR) is 210 cm³/mol. The maximum Gasteiger partial charge on any atom is 0.390 e. The molecule has 0 saturated carbocycles. The number of sulfonamides is 2. The zero-order valence-electron chi connectivity index (χ0n) is 32.0. The Morgan fingerprint density at radius 3 is 1.37 bits per heavy atom. The van der Waals surface area contributed by atoms with Crippen molar-refractivity contribution in [3.05, 3.63) is 49.3 Å². The number of alkyl halides is 6. The zero-order valence-corrected chi connectivity index (χ0v) is 33.7. The van der Waals surface area contributed by atoms with Crippen LogP contribution in [0.4, 0.5) is 38.2 Å². The number of rotatable bonds is 8. The average molecular weight is 885 g/mol. The summed E-state index contributed by atoms with van der Waals surface area (Å²) in [6.45, 7) is 1.72. The third-order valence-corrected chi connectivity index (χ3v) is 15.9. The van der Waals surface area contributed by atoms with E-state index in [4.69, 9.17) is 0 Å². The number of hydrogen-bond acceptors (Lipinski definition) is 10. The zero-order chi connectivity index (χ0) is 42.2. The lowest BCUT2D eigenvalue weighted by molar-refractivity contribution is -0.130. The van der Waals surface area contributed by atoms with Gasteiger partial charge in [0.15, 0.2) is 11.3 Å². The van der Waals surface area contributed by atoms with Crippen molar-refractivity contribution in [3.63, 3.8) is 0 Å². The molecule has 16 nitrogen and oxygen atoms in total. The highest BCUT2D eigenvalue weighted by atomic mass is 32.2. The van der Waals surface area contributed by atoms with Gasteiger partial charge < -0.3 is 19.8 Å². The van der Waals surface area contributed by atoms with Crippen molar-refractivity contribution < 1.29 is 43.2 Å². The van der Waals surface area contributed by atoms with Crippen LogP contribution in [-0.4, -0.2) is 138 Å². The molecule has 0 bridgehead atoms. The summed E-state index contributed by atoms with van der Waals surface area (Å²) in [5.41, 5.74) is 4.83. The van der Waals surface area contributed by atoms with Crippen LogP contribution in [-0.2, 0) is 20.0 Å². The van der Waals surface area contributed by atoms with Crippen LogP contribution in [0.15, 0.2) is 49.3 Å². The van der Waals surface area contributed by atoms with Gasteiger partial charge in [-0.2, -0.15) is 35.0 Å². The van der Waals surface area contributed by atoms with Gasteiger partial charge in [-0.15, -0.1) is 0 Å². The summed E-state index contributed by atoms with van der Waals surface area (Å²) in [4.78, 5) is 28.2. The minimum absolute atomic E-state index is 0.118. The van der Waals surface area contributed by atoms with E-state index in [1.54, 1.807) is 37.2 Å². The fraction of sp³-hybridized carbons (Fsp3) is 0.556. The second-order valence-corrected chi connectivity index (χ2v) is 19.8. The highest BCUT2D eigenvalue weighted by Gasteiger charge is 2.48. The molecular formula is C36H42F6N12O4S2. The highest BCUT2D eigenvalue weighted by molar-refractivity contribution is 7.89. The van der Waals surface area contributed by atoms with E-state index in [0.29, 0.717) is 50.7 Å². The first-order chi connectivity index (χ1) is 28.5. The van der Waals surface area contributed by atoms with Gasteiger partial charge in [0.25, 0.3) is 0 Å². The second-order valence-electron chi connectivity index (χ2n) is 15.7. The molecule has 24 heteroatoms. The van der Waals surface area contributed by atoms with E-state index in [-0.39, 0.29) is 37.3 Å². The molecule has 0 amide bonds. The summed E-state index contributed by atoms with van der Waals surface area (Å²) >= 11 is 0. The first-order valence-corrected chi connectivity index (χ1v) is 23.0. The molecule has 4 saturated heterocycles. The first-order valence-electron chi connectivity index (χ1n) is 19.7. The molecule has 10 heterocycles. The molecule has 10 rings (SSSR count). The lowest BCUT2D eigenvalue weighted by atomic mass is 9.99. The van der Waals surface area contributed by atoms with Gasteiger partial charge in [0, 0.05) is 62.7 Å². The average Bonchev–Trinajstić information content (AvgIpc) is 4.05. The number of aromatic nitrogens is 8. The van der Waals surface area contributed by atoms with Crippen LogP contribution in [0, 0.1) is 0 Å². The van der Waals surface area contributed by atoms with Gasteiger partial charge in [-0.25, -0.2) is 36.8 Å². The minimum Gasteiger partial charge on any atom is -0.345 e. The number of nitrogens with one attached hydrogen (secondary N) is 2. The van der Waals surface area contributed by atoms with E-state index in [2.05, 4.69) is 39.7 Å². The van der Waals surface area contributed by atoms with E-state index in [1.165, 1.54) is 8.61 Å². The second kappa shape index (κ2) is 15.0. The van der Waals surface area contributed by atoms with Crippen LogP contribution in [0.2, 0.25) is 0 Å². The van der Waals surface area contributed by atoms with Crippen LogP contribution in [0.1, 0.15) is 51.4 Å². The number of fused-ring (bicyclic) bond motifs is 8. The summed E-state index contributed by atoms with van der Waals surface area (Å²) in [7, 11) is -7.97. The summed E-state index contributed by atoms with van der Waals surface area (Å²) in [5, 5.41) is 0. The summed E-state index contributed by atoms with van der Waals surface area (Å²) in [6.07, 6.45) is 2.72. The van der Waals surface area contributed by atoms with E-state index < -0.39 is 56.7 Å². The molecule has 60 heavy (non-hydrogen) atoms. The lowest BCUT2D eigenvalue weighted by Gasteiger charge is -2.39. The molecule has 0 unspecified atom stereocenters. The third kappa shape index (κ3) is 7.52. The van der Waals surface area contributed by atoms with Crippen LogP contribution in [0.25, 0.3) is 33.4 Å². The van der Waals surface area contributed by atoms with Crippen molar-refractivity contribution in [2.24, 2.45) is 0 Å². The van der Waals surface area contributed by atoms with Gasteiger partial charge in [0.2, 0.25) is 31.9 Å². The molecular weight excluding hydrogens is 843 g/mol. The lowest BCUT2D eigenvalue weighted by Crippen LogP contribution is -2.52. The van der Waals surface area contributed by atoms with Gasteiger partial charge >= 0.3 is 12.4 Å². The Balaban J connectivity index is 0.000000154. The van der Waals surface area contributed by atoms with Crippen molar-refractivity contribution in [1.82, 2.24) is 47.3 Å². The predicted octanol–water partition coefficient (Wildman–Crippen LogP) is 5.07. The van der Waals surface area contributed by atoms with E-state index in [0.717, 1.165) is 46.2 Å². The van der Waals surface area contributed by atoms with E-state index in [9.17, 15) is 43.2 Å². The smallest absolute Gasteiger partial charge is 0.345 e. The molecule has 324 valence electrons. The van der Waals surface area contributed by atoms with E-state index in [1.807, 2.05) is 20.9 Å². The summed E-state index contributed by atoms with van der Waals surface area (Å²) in [6, 6.07) is 2.89. The van der Waals surface area contributed by atoms with Crippen molar-refractivity contribution in [2.45, 2.75) is 87.9 Å². The molecule has 0 aromatic carbocycles. The maximum atomic E-state index is 12.7. The minimum atomic E-state index is -4.49. The van der Waals surface area contributed by atoms with Gasteiger partial charge in [-0.3, -0.25) is 8.80 Å². The summed E-state index contributed by atoms with van der Waals surface area (Å²) < 4.78 is 133. The van der Waals surface area contributed by atoms with Gasteiger partial charge in [0.05, 0.1) is 71.2 Å². The Kier molecular flexibility index (Phi) is 10.2. The number of nitrogens with zero attached hydrogens (tertiary/aromatic N) is 10. The quantitative estimate of drug-likeness (QED) is 0.197. The fourth-order valence-electron chi connectivity index (χ4n) is 9.52. The molecule has 6 aromatic rings. The fourth-order valence-corrected chi connectivity index (χ4v) is 13.1. The topological polar surface area (TPSA) is 173 Å². The van der Waals surface area contributed by atoms with Crippen LogP contribution < -0.4 is 9.80 Å². The number of hydrogen-bond donors (Lipinski definition) is 2. The maximum absolute atomic E-state index is 12.7. The van der Waals surface area contributed by atoms with Crippen LogP contribution in [0.3, 0.4) is 0 Å². The SMILES string of the molecule is O=S(=O)(CCC(F)(F)F)N1CCC[C@@H]2[C@@H]1CCN2c1ncc2cnc3[nH]ccc3n12.O=S(=O)(CCC(F)(F)F)N1CCC[C@H]2[C@H]1CCN2c1ncc2cnc3[nH]ccc3n12.